The van der Waals surface area contributed by atoms with Crippen molar-refractivity contribution in [2.45, 2.75) is 26.7 Å². The largest absolute Gasteiger partial charge is 0.375 e. The average Bonchev–Trinajstić information content (AvgIpc) is 2.85. The van der Waals surface area contributed by atoms with Gasteiger partial charge in [0.1, 0.15) is 5.70 Å². The van der Waals surface area contributed by atoms with Gasteiger partial charge < -0.3 is 9.80 Å². The van der Waals surface area contributed by atoms with E-state index in [0.29, 0.717) is 27.5 Å². The van der Waals surface area contributed by atoms with E-state index < -0.39 is 4.92 Å². The molecule has 8 heteroatoms. The monoisotopic (exact) mass is 440 g/mol. The van der Waals surface area contributed by atoms with Gasteiger partial charge in [0.05, 0.1) is 16.3 Å². The SMILES string of the molecule is CCCN(C=C1N=C(c2ccccc2Cl)c2cc([N+](=O)[O-])ccc2N(C)C1=O)CCC. The molecule has 2 aromatic carbocycles. The molecular formula is C23H25ClN4O3. The second-order valence-corrected chi connectivity index (χ2v) is 7.72. The fourth-order valence-electron chi connectivity index (χ4n) is 3.56. The van der Waals surface area contributed by atoms with Gasteiger partial charge >= 0.3 is 0 Å². The summed E-state index contributed by atoms with van der Waals surface area (Å²) >= 11 is 6.46. The molecule has 0 spiro atoms. The Morgan fingerprint density at radius 2 is 1.81 bits per heavy atom. The lowest BCUT2D eigenvalue weighted by atomic mass is 9.99. The number of anilines is 1. The van der Waals surface area contributed by atoms with Crippen molar-refractivity contribution >= 4 is 34.6 Å². The first-order valence-corrected chi connectivity index (χ1v) is 10.6. The van der Waals surface area contributed by atoms with Crippen molar-refractivity contribution in [1.82, 2.24) is 4.90 Å². The first-order chi connectivity index (χ1) is 14.9. The lowest BCUT2D eigenvalue weighted by Crippen LogP contribution is -2.29. The van der Waals surface area contributed by atoms with Crippen LogP contribution in [0.3, 0.4) is 0 Å². The number of benzene rings is 2. The summed E-state index contributed by atoms with van der Waals surface area (Å²) in [5.74, 6) is -0.283. The molecule has 7 nitrogen and oxygen atoms in total. The van der Waals surface area contributed by atoms with Crippen LogP contribution in [0.15, 0.2) is 59.4 Å². The Balaban J connectivity index is 2.28. The molecule has 1 aliphatic rings. The highest BCUT2D eigenvalue weighted by Crippen LogP contribution is 2.33. The summed E-state index contributed by atoms with van der Waals surface area (Å²) in [4.78, 5) is 32.5. The lowest BCUT2D eigenvalue weighted by molar-refractivity contribution is -0.384. The Hall–Kier alpha value is -3.19. The molecule has 0 unspecified atom stereocenters. The molecule has 0 atom stereocenters. The Kier molecular flexibility index (Phi) is 7.07. The van der Waals surface area contributed by atoms with Crippen molar-refractivity contribution in [2.75, 3.05) is 25.0 Å². The van der Waals surface area contributed by atoms with Gasteiger partial charge in [-0.2, -0.15) is 0 Å². The Morgan fingerprint density at radius 3 is 2.42 bits per heavy atom. The van der Waals surface area contributed by atoms with Gasteiger partial charge in [0.15, 0.2) is 0 Å². The van der Waals surface area contributed by atoms with Crippen LogP contribution in [0.5, 0.6) is 0 Å². The van der Waals surface area contributed by atoms with E-state index in [-0.39, 0.29) is 17.3 Å². The van der Waals surface area contributed by atoms with Gasteiger partial charge in [-0.3, -0.25) is 14.9 Å². The standard InChI is InChI=1S/C23H25ClN4O3/c1-4-12-27(13-5-2)15-20-23(29)26(3)21-11-10-16(28(30)31)14-18(21)22(25-20)17-8-6-7-9-19(17)24/h6-11,14-15H,4-5,12-13H2,1-3H3. The van der Waals surface area contributed by atoms with Gasteiger partial charge in [0, 0.05) is 54.6 Å². The van der Waals surface area contributed by atoms with Crippen molar-refractivity contribution < 1.29 is 9.72 Å². The molecule has 0 aromatic heterocycles. The van der Waals surface area contributed by atoms with Crippen LogP contribution in [0.2, 0.25) is 5.02 Å². The van der Waals surface area contributed by atoms with Crippen molar-refractivity contribution in [1.29, 1.82) is 0 Å². The van der Waals surface area contributed by atoms with Gasteiger partial charge in [0.25, 0.3) is 11.6 Å². The predicted molar refractivity (Wildman–Crippen MR) is 124 cm³/mol. The summed E-state index contributed by atoms with van der Waals surface area (Å²) in [6.07, 6.45) is 3.64. The summed E-state index contributed by atoms with van der Waals surface area (Å²) in [5, 5.41) is 11.9. The summed E-state index contributed by atoms with van der Waals surface area (Å²) in [6.45, 7) is 5.75. The van der Waals surface area contributed by atoms with Crippen molar-refractivity contribution in [2.24, 2.45) is 4.99 Å². The third-order valence-electron chi connectivity index (χ3n) is 5.02. The second-order valence-electron chi connectivity index (χ2n) is 7.31. The van der Waals surface area contributed by atoms with Gasteiger partial charge in [-0.15, -0.1) is 0 Å². The van der Waals surface area contributed by atoms with Crippen LogP contribution in [-0.4, -0.2) is 41.6 Å². The number of nitro groups is 1. The summed E-state index contributed by atoms with van der Waals surface area (Å²) in [5.41, 5.74) is 2.25. The van der Waals surface area contributed by atoms with Crippen molar-refractivity contribution in [3.63, 3.8) is 0 Å². The molecule has 0 N–H and O–H groups in total. The van der Waals surface area contributed by atoms with E-state index in [4.69, 9.17) is 16.6 Å². The highest BCUT2D eigenvalue weighted by Gasteiger charge is 2.29. The third-order valence-corrected chi connectivity index (χ3v) is 5.35. The maximum absolute atomic E-state index is 13.3. The molecule has 0 aliphatic carbocycles. The molecular weight excluding hydrogens is 416 g/mol. The highest BCUT2D eigenvalue weighted by atomic mass is 35.5. The molecule has 3 rings (SSSR count). The number of likely N-dealkylation sites (N-methyl/N-ethyl adjacent to an activating group) is 1. The summed E-state index contributed by atoms with van der Waals surface area (Å²) in [6, 6.07) is 11.6. The van der Waals surface area contributed by atoms with E-state index in [1.165, 1.54) is 17.0 Å². The normalized spacial score (nSPS) is 14.8. The number of amides is 1. The molecule has 1 heterocycles. The first-order valence-electron chi connectivity index (χ1n) is 10.2. The van der Waals surface area contributed by atoms with Crippen LogP contribution in [0.1, 0.15) is 37.8 Å². The number of hydrogen-bond acceptors (Lipinski definition) is 5. The Morgan fingerprint density at radius 1 is 1.13 bits per heavy atom. The fraction of sp³-hybridized carbons (Fsp3) is 0.304. The number of hydrogen-bond donors (Lipinski definition) is 0. The molecule has 2 aromatic rings. The molecule has 0 fully saturated rings. The quantitative estimate of drug-likeness (QED) is 0.344. The van der Waals surface area contributed by atoms with Crippen LogP contribution in [0, 0.1) is 10.1 Å². The number of non-ortho nitro benzene ring substituents is 1. The van der Waals surface area contributed by atoms with Gasteiger partial charge in [-0.1, -0.05) is 43.6 Å². The van der Waals surface area contributed by atoms with Gasteiger partial charge in [-0.25, -0.2) is 4.99 Å². The van der Waals surface area contributed by atoms with E-state index in [9.17, 15) is 14.9 Å². The van der Waals surface area contributed by atoms with Crippen molar-refractivity contribution in [3.05, 3.63) is 80.6 Å². The number of rotatable bonds is 7. The smallest absolute Gasteiger partial charge is 0.278 e. The van der Waals surface area contributed by atoms with Gasteiger partial charge in [0.2, 0.25) is 0 Å². The number of fused-ring (bicyclic) bond motifs is 1. The van der Waals surface area contributed by atoms with Crippen LogP contribution < -0.4 is 4.90 Å². The number of nitrogens with zero attached hydrogens (tertiary/aromatic N) is 4. The molecule has 162 valence electrons. The molecule has 0 bridgehead atoms. The van der Waals surface area contributed by atoms with E-state index >= 15 is 0 Å². The lowest BCUT2D eigenvalue weighted by Gasteiger charge is -2.21. The number of nitro benzene ring substituents is 1. The zero-order chi connectivity index (χ0) is 22.5. The number of benzodiazepines with no additional fused rings is 1. The second kappa shape index (κ2) is 9.75. The maximum Gasteiger partial charge on any atom is 0.278 e. The minimum atomic E-state index is -0.460. The average molecular weight is 441 g/mol. The minimum absolute atomic E-state index is 0.0784. The molecule has 0 saturated heterocycles. The van der Waals surface area contributed by atoms with E-state index in [2.05, 4.69) is 18.7 Å². The first kappa shape index (κ1) is 22.5. The molecule has 1 aliphatic heterocycles. The zero-order valence-electron chi connectivity index (χ0n) is 17.8. The predicted octanol–water partition coefficient (Wildman–Crippen LogP) is 5.03. The molecule has 31 heavy (non-hydrogen) atoms. The van der Waals surface area contributed by atoms with E-state index in [1.807, 2.05) is 6.07 Å². The number of carbonyl (C=O) groups excluding carboxylic acids is 1. The zero-order valence-corrected chi connectivity index (χ0v) is 18.6. The van der Waals surface area contributed by atoms with Crippen LogP contribution in [-0.2, 0) is 4.79 Å². The summed E-state index contributed by atoms with van der Waals surface area (Å²) in [7, 11) is 1.65. The van der Waals surface area contributed by atoms with E-state index in [0.717, 1.165) is 25.9 Å². The maximum atomic E-state index is 13.3. The third kappa shape index (κ3) is 4.77. The molecule has 0 radical (unpaired) electrons. The molecule has 0 saturated carbocycles. The topological polar surface area (TPSA) is 79.0 Å². The number of halogens is 1. The van der Waals surface area contributed by atoms with Crippen LogP contribution >= 0.6 is 11.6 Å². The van der Waals surface area contributed by atoms with E-state index in [1.54, 1.807) is 37.5 Å². The van der Waals surface area contributed by atoms with Gasteiger partial charge in [-0.05, 0) is 25.0 Å². The number of carbonyl (C=O) groups is 1. The Labute approximate surface area is 186 Å². The van der Waals surface area contributed by atoms with Crippen molar-refractivity contribution in [3.8, 4) is 0 Å². The summed E-state index contributed by atoms with van der Waals surface area (Å²) < 4.78 is 0. The minimum Gasteiger partial charge on any atom is -0.375 e. The highest BCUT2D eigenvalue weighted by molar-refractivity contribution is 6.36. The van der Waals surface area contributed by atoms with Crippen LogP contribution in [0.4, 0.5) is 11.4 Å². The fourth-order valence-corrected chi connectivity index (χ4v) is 3.79. The van der Waals surface area contributed by atoms with Crippen LogP contribution in [0.25, 0.3) is 0 Å². The number of aliphatic imine (C=N–C) groups is 1. The Bertz CT molecular complexity index is 1060. The molecule has 1 amide bonds.